The fourth-order valence-corrected chi connectivity index (χ4v) is 2.20. The quantitative estimate of drug-likeness (QED) is 0.896. The maximum atomic E-state index is 11.5. The molecule has 1 fully saturated rings. The molecular formula is C15H21NO4. The van der Waals surface area contributed by atoms with E-state index < -0.39 is 5.60 Å². The lowest BCUT2D eigenvalue weighted by atomic mass is 10.1. The second kappa shape index (κ2) is 6.24. The number of carbonyl (C=O) groups is 1. The predicted molar refractivity (Wildman–Crippen MR) is 74.7 cm³/mol. The van der Waals surface area contributed by atoms with E-state index in [1.807, 2.05) is 31.2 Å². The number of hydrogen-bond acceptors (Lipinski definition) is 4. The van der Waals surface area contributed by atoms with Gasteiger partial charge in [-0.15, -0.1) is 0 Å². The van der Waals surface area contributed by atoms with Crippen LogP contribution in [0.1, 0.15) is 12.5 Å². The zero-order valence-electron chi connectivity index (χ0n) is 12.0. The summed E-state index contributed by atoms with van der Waals surface area (Å²) < 4.78 is 11.1. The average Bonchev–Trinajstić information content (AvgIpc) is 2.61. The maximum Gasteiger partial charge on any atom is 0.219 e. The molecule has 110 valence electrons. The zero-order valence-corrected chi connectivity index (χ0v) is 12.0. The van der Waals surface area contributed by atoms with E-state index in [9.17, 15) is 9.90 Å². The van der Waals surface area contributed by atoms with Crippen LogP contribution in [-0.4, -0.2) is 54.4 Å². The van der Waals surface area contributed by atoms with E-state index in [1.165, 1.54) is 6.92 Å². The van der Waals surface area contributed by atoms with Gasteiger partial charge in [-0.1, -0.05) is 18.2 Å². The minimum atomic E-state index is -1.18. The summed E-state index contributed by atoms with van der Waals surface area (Å²) in [6.45, 7) is 4.88. The van der Waals surface area contributed by atoms with Crippen molar-refractivity contribution >= 4 is 5.91 Å². The Morgan fingerprint density at radius 3 is 2.95 bits per heavy atom. The number of rotatable bonds is 3. The molecule has 0 aromatic heterocycles. The van der Waals surface area contributed by atoms with Gasteiger partial charge in [0.05, 0.1) is 19.8 Å². The maximum absolute atomic E-state index is 11.5. The van der Waals surface area contributed by atoms with Crippen LogP contribution in [0.5, 0.6) is 5.75 Å². The fraction of sp³-hybridized carbons (Fsp3) is 0.533. The molecule has 1 amide bonds. The average molecular weight is 279 g/mol. The van der Waals surface area contributed by atoms with Gasteiger partial charge in [0, 0.05) is 13.5 Å². The number of carbonyl (C=O) groups excluding carboxylic acids is 1. The molecule has 0 radical (unpaired) electrons. The van der Waals surface area contributed by atoms with Crippen molar-refractivity contribution in [3.05, 3.63) is 29.8 Å². The monoisotopic (exact) mass is 279 g/mol. The number of β-amino-alcohol motifs (C(OH)–C–C–N with tert-alkyl or cyclic N) is 1. The number of para-hydroxylation sites is 1. The van der Waals surface area contributed by atoms with Crippen LogP contribution in [0.4, 0.5) is 0 Å². The van der Waals surface area contributed by atoms with E-state index in [4.69, 9.17) is 9.47 Å². The van der Waals surface area contributed by atoms with Crippen molar-refractivity contribution in [2.75, 3.05) is 32.9 Å². The van der Waals surface area contributed by atoms with E-state index >= 15 is 0 Å². The Hall–Kier alpha value is -1.59. The first-order valence-electron chi connectivity index (χ1n) is 6.74. The fourth-order valence-electron chi connectivity index (χ4n) is 2.20. The van der Waals surface area contributed by atoms with Crippen LogP contribution >= 0.6 is 0 Å². The Kier molecular flexibility index (Phi) is 4.62. The van der Waals surface area contributed by atoms with Gasteiger partial charge in [0.15, 0.2) is 0 Å². The topological polar surface area (TPSA) is 59.0 Å². The van der Waals surface area contributed by atoms with E-state index in [1.54, 1.807) is 4.90 Å². The molecule has 0 bridgehead atoms. The molecule has 20 heavy (non-hydrogen) atoms. The van der Waals surface area contributed by atoms with Gasteiger partial charge in [0.2, 0.25) is 5.91 Å². The van der Waals surface area contributed by atoms with Gasteiger partial charge < -0.3 is 19.5 Å². The first-order valence-corrected chi connectivity index (χ1v) is 6.74. The lowest BCUT2D eigenvalue weighted by Crippen LogP contribution is -2.49. The highest BCUT2D eigenvalue weighted by Gasteiger charge is 2.34. The van der Waals surface area contributed by atoms with Crippen molar-refractivity contribution < 1.29 is 19.4 Å². The first-order chi connectivity index (χ1) is 9.50. The summed E-state index contributed by atoms with van der Waals surface area (Å²) in [4.78, 5) is 13.1. The van der Waals surface area contributed by atoms with Gasteiger partial charge >= 0.3 is 0 Å². The highest BCUT2D eigenvalue weighted by atomic mass is 16.5. The Morgan fingerprint density at radius 2 is 2.25 bits per heavy atom. The van der Waals surface area contributed by atoms with Gasteiger partial charge in [0.25, 0.3) is 0 Å². The number of benzene rings is 1. The summed E-state index contributed by atoms with van der Waals surface area (Å²) in [6, 6.07) is 7.63. The highest BCUT2D eigenvalue weighted by molar-refractivity contribution is 5.73. The molecule has 1 aromatic rings. The minimum Gasteiger partial charge on any atom is -0.490 e. The summed E-state index contributed by atoms with van der Waals surface area (Å²) in [5, 5.41) is 10.6. The summed E-state index contributed by atoms with van der Waals surface area (Å²) in [6.07, 6.45) is 0. The normalized spacial score (nSPS) is 23.2. The summed E-state index contributed by atoms with van der Waals surface area (Å²) in [5.74, 6) is 0.671. The van der Waals surface area contributed by atoms with Gasteiger partial charge in [0.1, 0.15) is 18.0 Å². The number of nitrogens with zero attached hydrogens (tertiary/aromatic N) is 1. The standard InChI is InChI=1S/C15H21NO4/c1-12-5-3-4-6-14(12)20-11-15(18)9-16(13(2)17)7-8-19-10-15/h3-6,18H,7-11H2,1-2H3. The number of amides is 1. The Balaban J connectivity index is 2.02. The molecule has 1 N–H and O–H groups in total. The van der Waals surface area contributed by atoms with Crippen molar-refractivity contribution in [3.8, 4) is 5.75 Å². The zero-order chi connectivity index (χ0) is 14.6. The lowest BCUT2D eigenvalue weighted by molar-refractivity contribution is -0.132. The Labute approximate surface area is 119 Å². The molecular weight excluding hydrogens is 258 g/mol. The van der Waals surface area contributed by atoms with E-state index in [2.05, 4.69) is 0 Å². The molecule has 5 heteroatoms. The second-order valence-electron chi connectivity index (χ2n) is 5.27. The molecule has 1 heterocycles. The predicted octanol–water partition coefficient (Wildman–Crippen LogP) is 0.984. The molecule has 0 aliphatic carbocycles. The van der Waals surface area contributed by atoms with Gasteiger partial charge in [-0.2, -0.15) is 0 Å². The number of aryl methyl sites for hydroxylation is 1. The number of aliphatic hydroxyl groups is 1. The Morgan fingerprint density at radius 1 is 1.50 bits per heavy atom. The lowest BCUT2D eigenvalue weighted by Gasteiger charge is -2.30. The molecule has 1 aliphatic rings. The number of ether oxygens (including phenoxy) is 2. The molecule has 5 nitrogen and oxygen atoms in total. The summed E-state index contributed by atoms with van der Waals surface area (Å²) in [7, 11) is 0. The van der Waals surface area contributed by atoms with E-state index in [0.717, 1.165) is 11.3 Å². The van der Waals surface area contributed by atoms with Crippen LogP contribution in [0.25, 0.3) is 0 Å². The highest BCUT2D eigenvalue weighted by Crippen LogP contribution is 2.20. The molecule has 1 aromatic carbocycles. The van der Waals surface area contributed by atoms with Gasteiger partial charge in [-0.05, 0) is 18.6 Å². The molecule has 0 spiro atoms. The van der Waals surface area contributed by atoms with Crippen molar-refractivity contribution in [2.45, 2.75) is 19.4 Å². The van der Waals surface area contributed by atoms with Crippen molar-refractivity contribution in [1.29, 1.82) is 0 Å². The van der Waals surface area contributed by atoms with Crippen molar-refractivity contribution in [1.82, 2.24) is 4.90 Å². The summed E-state index contributed by atoms with van der Waals surface area (Å²) in [5.41, 5.74) is -0.168. The van der Waals surface area contributed by atoms with Crippen LogP contribution in [0.2, 0.25) is 0 Å². The SMILES string of the molecule is CC(=O)N1CCOCC(O)(COc2ccccc2C)C1. The van der Waals surface area contributed by atoms with Crippen LogP contribution in [-0.2, 0) is 9.53 Å². The van der Waals surface area contributed by atoms with Crippen LogP contribution in [0.3, 0.4) is 0 Å². The largest absolute Gasteiger partial charge is 0.490 e. The third kappa shape index (κ3) is 3.71. The molecule has 0 saturated carbocycles. The first kappa shape index (κ1) is 14.8. The van der Waals surface area contributed by atoms with Gasteiger partial charge in [-0.3, -0.25) is 4.79 Å². The molecule has 1 unspecified atom stereocenters. The molecule has 1 saturated heterocycles. The Bertz CT molecular complexity index is 477. The van der Waals surface area contributed by atoms with Crippen molar-refractivity contribution in [2.24, 2.45) is 0 Å². The van der Waals surface area contributed by atoms with E-state index in [0.29, 0.717) is 13.2 Å². The summed E-state index contributed by atoms with van der Waals surface area (Å²) >= 11 is 0. The van der Waals surface area contributed by atoms with Crippen LogP contribution in [0, 0.1) is 6.92 Å². The van der Waals surface area contributed by atoms with Crippen molar-refractivity contribution in [3.63, 3.8) is 0 Å². The minimum absolute atomic E-state index is 0.0650. The van der Waals surface area contributed by atoms with Gasteiger partial charge in [-0.25, -0.2) is 0 Å². The third-order valence-electron chi connectivity index (χ3n) is 3.40. The van der Waals surface area contributed by atoms with Crippen LogP contribution in [0.15, 0.2) is 24.3 Å². The molecule has 1 aliphatic heterocycles. The third-order valence-corrected chi connectivity index (χ3v) is 3.40. The smallest absolute Gasteiger partial charge is 0.219 e. The second-order valence-corrected chi connectivity index (χ2v) is 5.27. The van der Waals surface area contributed by atoms with E-state index in [-0.39, 0.29) is 25.7 Å². The molecule has 2 rings (SSSR count). The number of hydrogen-bond donors (Lipinski definition) is 1. The van der Waals surface area contributed by atoms with Crippen LogP contribution < -0.4 is 4.74 Å². The molecule has 1 atom stereocenters.